The molecule has 1 nitrogen and oxygen atoms in total. The Hall–Kier alpha value is -3.19. The van der Waals surface area contributed by atoms with Gasteiger partial charge in [-0.15, -0.1) is 0 Å². The quantitative estimate of drug-likeness (QED) is 0.484. The highest BCUT2D eigenvalue weighted by Gasteiger charge is 2.04. The van der Waals surface area contributed by atoms with E-state index in [-0.39, 0.29) is 5.78 Å². The predicted molar refractivity (Wildman–Crippen MR) is 110 cm³/mol. The first-order valence-electron chi connectivity index (χ1n) is 8.88. The first kappa shape index (κ1) is 17.6. The predicted octanol–water partition coefficient (Wildman–Crippen LogP) is 5.99. The molecule has 0 amide bonds. The first-order valence-corrected chi connectivity index (χ1v) is 8.88. The molecule has 0 bridgehead atoms. The highest BCUT2D eigenvalue weighted by molar-refractivity contribution is 6.06. The van der Waals surface area contributed by atoms with Gasteiger partial charge in [-0.2, -0.15) is 0 Å². The average molecular weight is 338 g/mol. The second kappa shape index (κ2) is 9.33. The van der Waals surface area contributed by atoms with E-state index in [0.717, 1.165) is 29.5 Å². The Kier molecular flexibility index (Phi) is 6.33. The van der Waals surface area contributed by atoms with Crippen LogP contribution in [0, 0.1) is 0 Å². The Morgan fingerprint density at radius 1 is 0.731 bits per heavy atom. The van der Waals surface area contributed by atoms with Crippen molar-refractivity contribution in [3.05, 3.63) is 120 Å². The highest BCUT2D eigenvalue weighted by atomic mass is 16.1. The van der Waals surface area contributed by atoms with Crippen molar-refractivity contribution in [3.63, 3.8) is 0 Å². The molecule has 0 radical (unpaired) electrons. The molecule has 3 aromatic carbocycles. The van der Waals surface area contributed by atoms with Crippen LogP contribution in [0.5, 0.6) is 0 Å². The van der Waals surface area contributed by atoms with Crippen LogP contribution in [0.4, 0.5) is 0 Å². The summed E-state index contributed by atoms with van der Waals surface area (Å²) in [7, 11) is 0. The Labute approximate surface area is 155 Å². The van der Waals surface area contributed by atoms with E-state index in [2.05, 4.69) is 36.4 Å². The third-order valence-electron chi connectivity index (χ3n) is 4.23. The summed E-state index contributed by atoms with van der Waals surface area (Å²) in [4.78, 5) is 12.4. The molecular weight excluding hydrogens is 316 g/mol. The largest absolute Gasteiger partial charge is 0.290 e. The van der Waals surface area contributed by atoms with Crippen molar-refractivity contribution in [2.75, 3.05) is 0 Å². The number of aryl methyl sites for hydroxylation is 1. The van der Waals surface area contributed by atoms with Gasteiger partial charge in [-0.25, -0.2) is 0 Å². The van der Waals surface area contributed by atoms with Gasteiger partial charge in [-0.05, 0) is 47.3 Å². The SMILES string of the molecule is O=C(/C=C(/CCc1ccccc1)c1ccccc1)/C=C/c1ccccc1. The van der Waals surface area contributed by atoms with E-state index in [1.165, 1.54) is 5.56 Å². The standard InChI is InChI=1S/C25H22O/c26-25(19-17-22-12-6-2-7-13-22)20-24(23-14-8-3-9-15-23)18-16-21-10-4-1-5-11-21/h1-15,17,19-20H,16,18H2/b19-17+,24-20-. The normalized spacial score (nSPS) is 11.6. The lowest BCUT2D eigenvalue weighted by molar-refractivity contribution is -0.110. The van der Waals surface area contributed by atoms with Crippen LogP contribution in [0.3, 0.4) is 0 Å². The van der Waals surface area contributed by atoms with E-state index in [1.54, 1.807) is 12.2 Å². The Balaban J connectivity index is 1.77. The topological polar surface area (TPSA) is 17.1 Å². The minimum atomic E-state index is 0.0146. The third kappa shape index (κ3) is 5.42. The van der Waals surface area contributed by atoms with Crippen LogP contribution in [0.2, 0.25) is 0 Å². The summed E-state index contributed by atoms with van der Waals surface area (Å²) >= 11 is 0. The van der Waals surface area contributed by atoms with Crippen LogP contribution in [0.1, 0.15) is 23.1 Å². The van der Waals surface area contributed by atoms with E-state index < -0.39 is 0 Å². The smallest absolute Gasteiger partial charge is 0.178 e. The first-order chi connectivity index (χ1) is 12.8. The molecule has 0 spiro atoms. The molecule has 0 unspecified atom stereocenters. The molecule has 3 aromatic rings. The molecular formula is C25H22O. The number of ketones is 1. The zero-order chi connectivity index (χ0) is 18.0. The van der Waals surface area contributed by atoms with Gasteiger partial charge in [0.1, 0.15) is 0 Å². The summed E-state index contributed by atoms with van der Waals surface area (Å²) in [5, 5.41) is 0. The molecule has 0 aliphatic carbocycles. The van der Waals surface area contributed by atoms with Gasteiger partial charge in [0, 0.05) is 0 Å². The summed E-state index contributed by atoms with van der Waals surface area (Å²) in [6.45, 7) is 0. The molecule has 1 heteroatoms. The maximum atomic E-state index is 12.4. The van der Waals surface area contributed by atoms with Crippen LogP contribution in [0.15, 0.2) is 103 Å². The number of allylic oxidation sites excluding steroid dienone is 3. The number of carbonyl (C=O) groups excluding carboxylic acids is 1. The average Bonchev–Trinajstić information content (AvgIpc) is 2.72. The van der Waals surface area contributed by atoms with Gasteiger partial charge in [-0.1, -0.05) is 97.1 Å². The van der Waals surface area contributed by atoms with Crippen LogP contribution in [-0.4, -0.2) is 5.78 Å². The fourth-order valence-corrected chi connectivity index (χ4v) is 2.84. The summed E-state index contributed by atoms with van der Waals surface area (Å²) in [5.41, 5.74) is 4.48. The molecule has 0 N–H and O–H groups in total. The molecule has 0 saturated heterocycles. The van der Waals surface area contributed by atoms with Crippen molar-refractivity contribution in [2.24, 2.45) is 0 Å². The van der Waals surface area contributed by atoms with Crippen molar-refractivity contribution in [2.45, 2.75) is 12.8 Å². The fraction of sp³-hybridized carbons (Fsp3) is 0.0800. The number of carbonyl (C=O) groups is 1. The lowest BCUT2D eigenvalue weighted by atomic mass is 9.97. The van der Waals surface area contributed by atoms with Crippen LogP contribution in [-0.2, 0) is 11.2 Å². The minimum Gasteiger partial charge on any atom is -0.290 e. The van der Waals surface area contributed by atoms with Crippen molar-refractivity contribution in [1.29, 1.82) is 0 Å². The second-order valence-electron chi connectivity index (χ2n) is 6.17. The van der Waals surface area contributed by atoms with Crippen LogP contribution < -0.4 is 0 Å². The number of hydrogen-bond donors (Lipinski definition) is 0. The van der Waals surface area contributed by atoms with E-state index in [0.29, 0.717) is 0 Å². The summed E-state index contributed by atoms with van der Waals surface area (Å²) < 4.78 is 0. The van der Waals surface area contributed by atoms with Gasteiger partial charge in [-0.3, -0.25) is 4.79 Å². The number of rotatable bonds is 7. The molecule has 0 aromatic heterocycles. The van der Waals surface area contributed by atoms with Crippen LogP contribution in [0.25, 0.3) is 11.6 Å². The number of benzene rings is 3. The van der Waals surface area contributed by atoms with E-state index in [9.17, 15) is 4.79 Å². The third-order valence-corrected chi connectivity index (χ3v) is 4.23. The second-order valence-corrected chi connectivity index (χ2v) is 6.17. The Morgan fingerprint density at radius 2 is 1.31 bits per heavy atom. The lowest BCUT2D eigenvalue weighted by Crippen LogP contribution is -1.94. The molecule has 0 atom stereocenters. The highest BCUT2D eigenvalue weighted by Crippen LogP contribution is 2.21. The lowest BCUT2D eigenvalue weighted by Gasteiger charge is -2.08. The van der Waals surface area contributed by atoms with Gasteiger partial charge in [0.05, 0.1) is 0 Å². The maximum absolute atomic E-state index is 12.4. The molecule has 0 aliphatic heterocycles. The van der Waals surface area contributed by atoms with Crippen molar-refractivity contribution >= 4 is 17.4 Å². The van der Waals surface area contributed by atoms with Crippen molar-refractivity contribution in [3.8, 4) is 0 Å². The van der Waals surface area contributed by atoms with Gasteiger partial charge in [0.25, 0.3) is 0 Å². The van der Waals surface area contributed by atoms with Gasteiger partial charge >= 0.3 is 0 Å². The van der Waals surface area contributed by atoms with E-state index in [1.807, 2.05) is 60.7 Å². The molecule has 3 rings (SSSR count). The van der Waals surface area contributed by atoms with Crippen molar-refractivity contribution in [1.82, 2.24) is 0 Å². The molecule has 26 heavy (non-hydrogen) atoms. The number of hydrogen-bond acceptors (Lipinski definition) is 1. The van der Waals surface area contributed by atoms with Gasteiger partial charge < -0.3 is 0 Å². The summed E-state index contributed by atoms with van der Waals surface area (Å²) in [6.07, 6.45) is 7.01. The van der Waals surface area contributed by atoms with Crippen LogP contribution >= 0.6 is 0 Å². The van der Waals surface area contributed by atoms with Gasteiger partial charge in [0.15, 0.2) is 5.78 Å². The van der Waals surface area contributed by atoms with E-state index in [4.69, 9.17) is 0 Å². The molecule has 0 aliphatic rings. The van der Waals surface area contributed by atoms with E-state index >= 15 is 0 Å². The Bertz CT molecular complexity index is 875. The molecule has 0 heterocycles. The zero-order valence-electron chi connectivity index (χ0n) is 14.7. The Morgan fingerprint density at radius 3 is 1.96 bits per heavy atom. The summed E-state index contributed by atoms with van der Waals surface area (Å²) in [6, 6.07) is 30.4. The monoisotopic (exact) mass is 338 g/mol. The molecule has 128 valence electrons. The molecule has 0 fully saturated rings. The minimum absolute atomic E-state index is 0.0146. The maximum Gasteiger partial charge on any atom is 0.178 e. The van der Waals surface area contributed by atoms with Gasteiger partial charge in [0.2, 0.25) is 0 Å². The summed E-state index contributed by atoms with van der Waals surface area (Å²) in [5.74, 6) is 0.0146. The zero-order valence-corrected chi connectivity index (χ0v) is 14.7. The van der Waals surface area contributed by atoms with Crippen molar-refractivity contribution < 1.29 is 4.79 Å². The fourth-order valence-electron chi connectivity index (χ4n) is 2.84. The molecule has 0 saturated carbocycles.